The first-order valence-electron chi connectivity index (χ1n) is 10.4. The first kappa shape index (κ1) is 18.1. The molecular weight excluding hydrogens is 336 g/mol. The Balaban J connectivity index is 1.47. The summed E-state index contributed by atoms with van der Waals surface area (Å²) in [6.07, 6.45) is 14.4. The number of rotatable bonds is 4. The molecule has 5 nitrogen and oxygen atoms in total. The number of nitrogens with one attached hydrogen (secondary N) is 1. The van der Waals surface area contributed by atoms with E-state index in [1.54, 1.807) is 0 Å². The monoisotopic (exact) mass is 366 g/mol. The molecule has 144 valence electrons. The molecule has 1 aliphatic carbocycles. The highest BCUT2D eigenvalue weighted by atomic mass is 16.2. The number of amides is 2. The van der Waals surface area contributed by atoms with Crippen LogP contribution in [0.3, 0.4) is 0 Å². The van der Waals surface area contributed by atoms with Crippen LogP contribution in [0.2, 0.25) is 0 Å². The van der Waals surface area contributed by atoms with Gasteiger partial charge < -0.3 is 14.8 Å². The highest BCUT2D eigenvalue weighted by molar-refractivity contribution is 5.91. The molecule has 0 saturated heterocycles. The lowest BCUT2D eigenvalue weighted by atomic mass is 9.95. The molecular formula is C22H30N4O. The molecule has 2 aliphatic rings. The average molecular weight is 367 g/mol. The number of carbonyl (C=O) groups is 1. The highest BCUT2D eigenvalue weighted by Crippen LogP contribution is 2.30. The second-order valence-electron chi connectivity index (χ2n) is 7.82. The number of urea groups is 1. The van der Waals surface area contributed by atoms with Crippen LogP contribution in [0, 0.1) is 0 Å². The molecule has 5 heteroatoms. The van der Waals surface area contributed by atoms with E-state index in [1.165, 1.54) is 35.8 Å². The van der Waals surface area contributed by atoms with E-state index in [0.717, 1.165) is 44.4 Å². The fourth-order valence-electron chi connectivity index (χ4n) is 4.40. The van der Waals surface area contributed by atoms with Crippen molar-refractivity contribution in [2.45, 2.75) is 64.5 Å². The number of carbonyl (C=O) groups excluding carboxylic acids is 1. The maximum absolute atomic E-state index is 12.6. The van der Waals surface area contributed by atoms with Gasteiger partial charge in [0, 0.05) is 49.0 Å². The van der Waals surface area contributed by atoms with Crippen molar-refractivity contribution in [3.63, 3.8) is 0 Å². The summed E-state index contributed by atoms with van der Waals surface area (Å²) in [6.45, 7) is 4.65. The molecule has 1 saturated carbocycles. The number of hydrogen-bond acceptors (Lipinski definition) is 2. The molecule has 0 unspecified atom stereocenters. The predicted molar refractivity (Wildman–Crippen MR) is 110 cm³/mol. The van der Waals surface area contributed by atoms with Gasteiger partial charge in [0.1, 0.15) is 5.65 Å². The van der Waals surface area contributed by atoms with Gasteiger partial charge in [0.05, 0.1) is 0 Å². The normalized spacial score (nSPS) is 18.6. The number of hydrogen-bond donors (Lipinski definition) is 1. The van der Waals surface area contributed by atoms with Gasteiger partial charge in [-0.2, -0.15) is 0 Å². The van der Waals surface area contributed by atoms with Crippen molar-refractivity contribution >= 4 is 22.6 Å². The van der Waals surface area contributed by atoms with Crippen LogP contribution in [-0.2, 0) is 6.54 Å². The fourth-order valence-corrected chi connectivity index (χ4v) is 4.40. The third kappa shape index (κ3) is 3.87. The Bertz CT molecular complexity index is 832. The van der Waals surface area contributed by atoms with E-state index < -0.39 is 0 Å². The zero-order valence-corrected chi connectivity index (χ0v) is 16.3. The van der Waals surface area contributed by atoms with Crippen LogP contribution in [0.15, 0.2) is 30.6 Å². The van der Waals surface area contributed by atoms with Crippen LogP contribution in [0.5, 0.6) is 0 Å². The van der Waals surface area contributed by atoms with Crippen molar-refractivity contribution in [2.75, 3.05) is 13.1 Å². The Morgan fingerprint density at radius 3 is 2.89 bits per heavy atom. The zero-order chi connectivity index (χ0) is 18.6. The lowest BCUT2D eigenvalue weighted by molar-refractivity contribution is 0.195. The molecule has 1 aliphatic heterocycles. The van der Waals surface area contributed by atoms with Crippen LogP contribution in [-0.4, -0.2) is 39.6 Å². The van der Waals surface area contributed by atoms with E-state index in [4.69, 9.17) is 0 Å². The SMILES string of the molecule is CCCn1cc(C2=CCN(C(=O)NC3CCCCC3)CC2)c2cccnc21. The van der Waals surface area contributed by atoms with Gasteiger partial charge in [-0.15, -0.1) is 0 Å². The van der Waals surface area contributed by atoms with Crippen LogP contribution in [0.25, 0.3) is 16.6 Å². The first-order chi connectivity index (χ1) is 13.3. The minimum absolute atomic E-state index is 0.104. The van der Waals surface area contributed by atoms with Crippen LogP contribution < -0.4 is 5.32 Å². The minimum Gasteiger partial charge on any atom is -0.335 e. The maximum Gasteiger partial charge on any atom is 0.317 e. The molecule has 2 aromatic heterocycles. The summed E-state index contributed by atoms with van der Waals surface area (Å²) in [5, 5.41) is 4.46. The molecule has 2 amide bonds. The third-order valence-corrected chi connectivity index (χ3v) is 5.87. The van der Waals surface area contributed by atoms with Gasteiger partial charge in [0.15, 0.2) is 0 Å². The Labute approximate surface area is 161 Å². The molecule has 0 radical (unpaired) electrons. The van der Waals surface area contributed by atoms with Crippen molar-refractivity contribution in [3.8, 4) is 0 Å². The number of fused-ring (bicyclic) bond motifs is 1. The molecule has 1 fully saturated rings. The Morgan fingerprint density at radius 2 is 2.15 bits per heavy atom. The van der Waals surface area contributed by atoms with Crippen molar-refractivity contribution in [2.24, 2.45) is 0 Å². The zero-order valence-electron chi connectivity index (χ0n) is 16.3. The van der Waals surface area contributed by atoms with Crippen molar-refractivity contribution in [1.82, 2.24) is 19.8 Å². The highest BCUT2D eigenvalue weighted by Gasteiger charge is 2.23. The van der Waals surface area contributed by atoms with Gasteiger partial charge in [0.25, 0.3) is 0 Å². The summed E-state index contributed by atoms with van der Waals surface area (Å²) < 4.78 is 2.26. The fraction of sp³-hybridized carbons (Fsp3) is 0.545. The third-order valence-electron chi connectivity index (χ3n) is 5.87. The standard InChI is InChI=1S/C22H30N4O/c1-2-13-26-16-20(19-9-6-12-23-21(19)26)17-10-14-25(15-11-17)22(27)24-18-7-4-3-5-8-18/h6,9-10,12,16,18H,2-5,7-8,11,13-15H2,1H3,(H,24,27). The predicted octanol–water partition coefficient (Wildman–Crippen LogP) is 4.58. The maximum atomic E-state index is 12.6. The number of aromatic nitrogens is 2. The van der Waals surface area contributed by atoms with Crippen molar-refractivity contribution in [3.05, 3.63) is 36.2 Å². The summed E-state index contributed by atoms with van der Waals surface area (Å²) in [5.41, 5.74) is 3.68. The largest absolute Gasteiger partial charge is 0.335 e. The average Bonchev–Trinajstić information content (AvgIpc) is 3.08. The number of aryl methyl sites for hydroxylation is 1. The first-order valence-corrected chi connectivity index (χ1v) is 10.4. The lowest BCUT2D eigenvalue weighted by Gasteiger charge is -2.30. The molecule has 1 N–H and O–H groups in total. The van der Waals surface area contributed by atoms with Gasteiger partial charge in [-0.05, 0) is 43.4 Å². The molecule has 0 aromatic carbocycles. The minimum atomic E-state index is 0.104. The van der Waals surface area contributed by atoms with Gasteiger partial charge >= 0.3 is 6.03 Å². The Hall–Kier alpha value is -2.30. The quantitative estimate of drug-likeness (QED) is 0.861. The molecule has 0 spiro atoms. The van der Waals surface area contributed by atoms with Crippen LogP contribution in [0.4, 0.5) is 4.79 Å². The number of pyridine rings is 1. The smallest absolute Gasteiger partial charge is 0.317 e. The van der Waals surface area contributed by atoms with Gasteiger partial charge in [-0.1, -0.05) is 32.3 Å². The van der Waals surface area contributed by atoms with Gasteiger partial charge in [0.2, 0.25) is 0 Å². The molecule has 3 heterocycles. The summed E-state index contributed by atoms with van der Waals surface area (Å²) in [5.74, 6) is 0. The second kappa shape index (κ2) is 8.15. The number of nitrogens with zero attached hydrogens (tertiary/aromatic N) is 3. The van der Waals surface area contributed by atoms with Crippen LogP contribution in [0.1, 0.15) is 57.4 Å². The topological polar surface area (TPSA) is 50.2 Å². The molecule has 27 heavy (non-hydrogen) atoms. The van der Waals surface area contributed by atoms with Gasteiger partial charge in [-0.3, -0.25) is 0 Å². The second-order valence-corrected chi connectivity index (χ2v) is 7.82. The summed E-state index contributed by atoms with van der Waals surface area (Å²) >= 11 is 0. The van der Waals surface area contributed by atoms with E-state index in [9.17, 15) is 4.79 Å². The Morgan fingerprint density at radius 1 is 1.30 bits per heavy atom. The van der Waals surface area contributed by atoms with E-state index in [1.807, 2.05) is 17.2 Å². The van der Waals surface area contributed by atoms with E-state index in [2.05, 4.69) is 40.1 Å². The van der Waals surface area contributed by atoms with Crippen molar-refractivity contribution in [1.29, 1.82) is 0 Å². The Kier molecular flexibility index (Phi) is 5.46. The van der Waals surface area contributed by atoms with E-state index in [-0.39, 0.29) is 6.03 Å². The summed E-state index contributed by atoms with van der Waals surface area (Å²) in [4.78, 5) is 19.1. The molecule has 0 atom stereocenters. The summed E-state index contributed by atoms with van der Waals surface area (Å²) in [7, 11) is 0. The van der Waals surface area contributed by atoms with E-state index >= 15 is 0 Å². The van der Waals surface area contributed by atoms with Gasteiger partial charge in [-0.25, -0.2) is 9.78 Å². The van der Waals surface area contributed by atoms with Crippen LogP contribution >= 0.6 is 0 Å². The van der Waals surface area contributed by atoms with E-state index in [0.29, 0.717) is 12.6 Å². The molecule has 2 aromatic rings. The molecule has 0 bridgehead atoms. The van der Waals surface area contributed by atoms with Crippen molar-refractivity contribution < 1.29 is 4.79 Å². The lowest BCUT2D eigenvalue weighted by Crippen LogP contribution is -2.46. The molecule has 4 rings (SSSR count). The summed E-state index contributed by atoms with van der Waals surface area (Å²) in [6, 6.07) is 4.64.